The standard InChI is InChI=1S/C22H20N2S/c1-15(2)16-10-12-18(13-11-16)22-23-20(17-7-4-3-5-8-17)21(24-22)19-9-6-14-25-19/h3-15H,1-2H3,(H,23,24). The zero-order valence-corrected chi connectivity index (χ0v) is 15.2. The molecule has 0 unspecified atom stereocenters. The third kappa shape index (κ3) is 3.15. The molecule has 2 aromatic heterocycles. The fourth-order valence-corrected chi connectivity index (χ4v) is 3.67. The van der Waals surface area contributed by atoms with Crippen molar-refractivity contribution in [3.63, 3.8) is 0 Å². The van der Waals surface area contributed by atoms with E-state index >= 15 is 0 Å². The first kappa shape index (κ1) is 15.9. The van der Waals surface area contributed by atoms with Gasteiger partial charge in [-0.15, -0.1) is 11.3 Å². The topological polar surface area (TPSA) is 28.7 Å². The molecule has 25 heavy (non-hydrogen) atoms. The Hall–Kier alpha value is -2.65. The van der Waals surface area contributed by atoms with Crippen LogP contribution in [0.25, 0.3) is 33.2 Å². The van der Waals surface area contributed by atoms with Gasteiger partial charge in [-0.1, -0.05) is 74.5 Å². The number of benzene rings is 2. The highest BCUT2D eigenvalue weighted by Crippen LogP contribution is 2.35. The molecule has 0 aliphatic heterocycles. The molecule has 2 nitrogen and oxygen atoms in total. The molecule has 4 aromatic rings. The van der Waals surface area contributed by atoms with Gasteiger partial charge in [0.15, 0.2) is 0 Å². The van der Waals surface area contributed by atoms with Crippen molar-refractivity contribution in [2.75, 3.05) is 0 Å². The van der Waals surface area contributed by atoms with Crippen LogP contribution >= 0.6 is 11.3 Å². The molecule has 4 rings (SSSR count). The summed E-state index contributed by atoms with van der Waals surface area (Å²) < 4.78 is 0. The van der Waals surface area contributed by atoms with E-state index in [1.165, 1.54) is 10.4 Å². The summed E-state index contributed by atoms with van der Waals surface area (Å²) in [5.41, 5.74) is 5.68. The van der Waals surface area contributed by atoms with Crippen LogP contribution in [0.5, 0.6) is 0 Å². The van der Waals surface area contributed by atoms with E-state index in [-0.39, 0.29) is 0 Å². The van der Waals surface area contributed by atoms with E-state index in [9.17, 15) is 0 Å². The Bertz CT molecular complexity index is 949. The number of rotatable bonds is 4. The molecule has 0 spiro atoms. The number of nitrogens with zero attached hydrogens (tertiary/aromatic N) is 1. The van der Waals surface area contributed by atoms with Gasteiger partial charge >= 0.3 is 0 Å². The molecule has 2 aromatic carbocycles. The highest BCUT2D eigenvalue weighted by atomic mass is 32.1. The van der Waals surface area contributed by atoms with Crippen LogP contribution < -0.4 is 0 Å². The van der Waals surface area contributed by atoms with Crippen molar-refractivity contribution in [3.05, 3.63) is 77.7 Å². The van der Waals surface area contributed by atoms with Gasteiger partial charge in [0.25, 0.3) is 0 Å². The second-order valence-electron chi connectivity index (χ2n) is 6.43. The van der Waals surface area contributed by atoms with Crippen molar-refractivity contribution in [3.8, 4) is 33.2 Å². The van der Waals surface area contributed by atoms with Gasteiger partial charge < -0.3 is 4.98 Å². The lowest BCUT2D eigenvalue weighted by atomic mass is 10.0. The zero-order chi connectivity index (χ0) is 17.2. The molecule has 0 radical (unpaired) electrons. The normalized spacial score (nSPS) is 11.2. The molecule has 0 bridgehead atoms. The highest BCUT2D eigenvalue weighted by molar-refractivity contribution is 7.13. The van der Waals surface area contributed by atoms with Gasteiger partial charge in [-0.25, -0.2) is 4.98 Å². The van der Waals surface area contributed by atoms with Crippen LogP contribution in [0, 0.1) is 0 Å². The number of imidazole rings is 1. The molecule has 3 heteroatoms. The quantitative estimate of drug-likeness (QED) is 0.444. The van der Waals surface area contributed by atoms with E-state index in [2.05, 4.69) is 84.9 Å². The highest BCUT2D eigenvalue weighted by Gasteiger charge is 2.15. The summed E-state index contributed by atoms with van der Waals surface area (Å²) in [5, 5.41) is 2.10. The summed E-state index contributed by atoms with van der Waals surface area (Å²) in [4.78, 5) is 9.68. The van der Waals surface area contributed by atoms with Gasteiger partial charge in [0.1, 0.15) is 5.82 Å². The Labute approximate surface area is 152 Å². The molecule has 0 amide bonds. The van der Waals surface area contributed by atoms with Crippen LogP contribution in [-0.2, 0) is 0 Å². The minimum absolute atomic E-state index is 0.534. The molecule has 0 saturated carbocycles. The molecule has 0 fully saturated rings. The van der Waals surface area contributed by atoms with Crippen molar-refractivity contribution in [2.45, 2.75) is 19.8 Å². The van der Waals surface area contributed by atoms with E-state index in [0.29, 0.717) is 5.92 Å². The van der Waals surface area contributed by atoms with E-state index in [0.717, 1.165) is 28.3 Å². The minimum atomic E-state index is 0.534. The number of aromatic amines is 1. The fourth-order valence-electron chi connectivity index (χ4n) is 2.94. The van der Waals surface area contributed by atoms with Gasteiger partial charge in [0.2, 0.25) is 0 Å². The predicted octanol–water partition coefficient (Wildman–Crippen LogP) is 6.60. The summed E-state index contributed by atoms with van der Waals surface area (Å²) >= 11 is 1.73. The first-order valence-electron chi connectivity index (χ1n) is 8.52. The van der Waals surface area contributed by atoms with E-state index in [4.69, 9.17) is 4.98 Å². The Morgan fingerprint density at radius 2 is 1.60 bits per heavy atom. The number of H-pyrrole nitrogens is 1. The smallest absolute Gasteiger partial charge is 0.138 e. The molecule has 0 atom stereocenters. The molecular formula is C22H20N2S. The summed E-state index contributed by atoms with van der Waals surface area (Å²) in [6.45, 7) is 4.43. The zero-order valence-electron chi connectivity index (χ0n) is 14.4. The molecule has 0 saturated heterocycles. The molecule has 0 aliphatic rings. The Kier molecular flexibility index (Phi) is 4.24. The lowest BCUT2D eigenvalue weighted by molar-refractivity contribution is 0.867. The Morgan fingerprint density at radius 3 is 2.24 bits per heavy atom. The molecule has 2 heterocycles. The van der Waals surface area contributed by atoms with Crippen molar-refractivity contribution >= 4 is 11.3 Å². The van der Waals surface area contributed by atoms with Crippen LogP contribution in [0.3, 0.4) is 0 Å². The van der Waals surface area contributed by atoms with Crippen LogP contribution in [-0.4, -0.2) is 9.97 Å². The second-order valence-corrected chi connectivity index (χ2v) is 7.38. The summed E-state index contributed by atoms with van der Waals surface area (Å²) in [5.74, 6) is 1.45. The maximum atomic E-state index is 4.93. The number of hydrogen-bond donors (Lipinski definition) is 1. The maximum absolute atomic E-state index is 4.93. The maximum Gasteiger partial charge on any atom is 0.138 e. The molecule has 0 aliphatic carbocycles. The number of aromatic nitrogens is 2. The largest absolute Gasteiger partial charge is 0.337 e. The van der Waals surface area contributed by atoms with Gasteiger partial charge in [-0.05, 0) is 22.9 Å². The summed E-state index contributed by atoms with van der Waals surface area (Å²) in [6.07, 6.45) is 0. The van der Waals surface area contributed by atoms with Crippen LogP contribution in [0.2, 0.25) is 0 Å². The first-order valence-corrected chi connectivity index (χ1v) is 9.40. The molecule has 1 N–H and O–H groups in total. The number of hydrogen-bond acceptors (Lipinski definition) is 2. The second kappa shape index (κ2) is 6.69. The van der Waals surface area contributed by atoms with Crippen molar-refractivity contribution in [1.29, 1.82) is 0 Å². The number of thiophene rings is 1. The van der Waals surface area contributed by atoms with Crippen molar-refractivity contribution < 1.29 is 0 Å². The molecular weight excluding hydrogens is 324 g/mol. The summed E-state index contributed by atoms with van der Waals surface area (Å²) in [6, 6.07) is 23.3. The fraction of sp³-hybridized carbons (Fsp3) is 0.136. The lowest BCUT2D eigenvalue weighted by Crippen LogP contribution is -1.87. The van der Waals surface area contributed by atoms with Crippen LogP contribution in [0.15, 0.2) is 72.1 Å². The average molecular weight is 344 g/mol. The van der Waals surface area contributed by atoms with E-state index in [1.807, 2.05) is 6.07 Å². The minimum Gasteiger partial charge on any atom is -0.337 e. The molecule has 124 valence electrons. The van der Waals surface area contributed by atoms with Crippen molar-refractivity contribution in [1.82, 2.24) is 9.97 Å². The van der Waals surface area contributed by atoms with Gasteiger partial charge in [-0.2, -0.15) is 0 Å². The number of nitrogens with one attached hydrogen (secondary N) is 1. The van der Waals surface area contributed by atoms with Crippen LogP contribution in [0.4, 0.5) is 0 Å². The van der Waals surface area contributed by atoms with Gasteiger partial charge in [-0.3, -0.25) is 0 Å². The van der Waals surface area contributed by atoms with E-state index in [1.54, 1.807) is 11.3 Å². The van der Waals surface area contributed by atoms with Crippen molar-refractivity contribution in [2.24, 2.45) is 0 Å². The first-order chi connectivity index (χ1) is 12.2. The third-order valence-electron chi connectivity index (χ3n) is 4.37. The Morgan fingerprint density at radius 1 is 0.840 bits per heavy atom. The average Bonchev–Trinajstić information content (AvgIpc) is 3.32. The van der Waals surface area contributed by atoms with Crippen LogP contribution in [0.1, 0.15) is 25.3 Å². The Balaban J connectivity index is 1.82. The third-order valence-corrected chi connectivity index (χ3v) is 5.26. The SMILES string of the molecule is CC(C)c1ccc(-c2nc(-c3ccccc3)c(-c3cccs3)[nH]2)cc1. The van der Waals surface area contributed by atoms with E-state index < -0.39 is 0 Å². The van der Waals surface area contributed by atoms with Gasteiger partial charge in [0.05, 0.1) is 16.3 Å². The van der Waals surface area contributed by atoms with Gasteiger partial charge in [0, 0.05) is 11.1 Å². The lowest BCUT2D eigenvalue weighted by Gasteiger charge is -2.05. The summed E-state index contributed by atoms with van der Waals surface area (Å²) in [7, 11) is 0. The predicted molar refractivity (Wildman–Crippen MR) is 107 cm³/mol. The monoisotopic (exact) mass is 344 g/mol.